The Morgan fingerprint density at radius 3 is 1.08 bits per heavy atom. The Hall–Kier alpha value is -2.64. The minimum Gasteiger partial charge on any atom is -0.0616 e. The van der Waals surface area contributed by atoms with Gasteiger partial charge in [0.2, 0.25) is 0 Å². The first kappa shape index (κ1) is 14.7. The molecule has 1 aliphatic carbocycles. The second kappa shape index (κ2) is 5.72. The van der Waals surface area contributed by atoms with E-state index in [2.05, 4.69) is 107 Å². The minimum absolute atomic E-state index is 1.10. The van der Waals surface area contributed by atoms with E-state index in [4.69, 9.17) is 0 Å². The molecule has 0 fully saturated rings. The van der Waals surface area contributed by atoms with Crippen LogP contribution in [0.3, 0.4) is 0 Å². The quantitative estimate of drug-likeness (QED) is 0.261. The molecule has 0 radical (unpaired) electrons. The maximum Gasteiger partial charge on any atom is 0.0181 e. The lowest BCUT2D eigenvalue weighted by molar-refractivity contribution is 1.51. The molecule has 0 spiro atoms. The van der Waals surface area contributed by atoms with Crippen molar-refractivity contribution in [2.24, 2.45) is 0 Å². The van der Waals surface area contributed by atoms with Crippen LogP contribution in [0.4, 0.5) is 0 Å². The molecule has 25 heavy (non-hydrogen) atoms. The van der Waals surface area contributed by atoms with Gasteiger partial charge in [0.1, 0.15) is 0 Å². The molecule has 0 N–H and O–H groups in total. The third-order valence-corrected chi connectivity index (χ3v) is 5.42. The lowest BCUT2D eigenvalue weighted by atomic mass is 9.81. The van der Waals surface area contributed by atoms with Crippen molar-refractivity contribution in [1.29, 1.82) is 0 Å². The molecule has 0 atom stereocenters. The average molecular weight is 383 g/mol. The lowest BCUT2D eigenvalue weighted by Crippen LogP contribution is -1.96. The van der Waals surface area contributed by atoms with Crippen LogP contribution in [0.1, 0.15) is 0 Å². The zero-order valence-corrected chi connectivity index (χ0v) is 15.1. The maximum absolute atomic E-state index is 3.66. The summed E-state index contributed by atoms with van der Waals surface area (Å²) in [4.78, 5) is 0. The number of fused-ring (bicyclic) bond motifs is 8. The van der Waals surface area contributed by atoms with Gasteiger partial charge in [-0.2, -0.15) is 0 Å². The van der Waals surface area contributed by atoms with E-state index in [0.29, 0.717) is 0 Å². The average Bonchev–Trinajstić information content (AvgIpc) is 2.67. The van der Waals surface area contributed by atoms with Gasteiger partial charge in [0.15, 0.2) is 0 Å². The van der Waals surface area contributed by atoms with Crippen molar-refractivity contribution in [3.8, 4) is 44.5 Å². The highest BCUT2D eigenvalue weighted by Crippen LogP contribution is 2.47. The number of rotatable bonds is 0. The molecule has 0 aliphatic heterocycles. The molecule has 1 heteroatoms. The highest BCUT2D eigenvalue weighted by Gasteiger charge is 2.21. The van der Waals surface area contributed by atoms with E-state index in [1.807, 2.05) is 0 Å². The second-order valence-corrected chi connectivity index (χ2v) is 7.24. The zero-order valence-electron chi connectivity index (χ0n) is 13.5. The van der Waals surface area contributed by atoms with Gasteiger partial charge in [0.05, 0.1) is 0 Å². The van der Waals surface area contributed by atoms with Crippen LogP contribution < -0.4 is 0 Å². The third kappa shape index (κ3) is 2.27. The van der Waals surface area contributed by atoms with Crippen LogP contribution in [0.5, 0.6) is 0 Å². The fraction of sp³-hybridized carbons (Fsp3) is 0. The van der Waals surface area contributed by atoms with Gasteiger partial charge in [-0.3, -0.25) is 0 Å². The van der Waals surface area contributed by atoms with E-state index in [0.717, 1.165) is 4.47 Å². The largest absolute Gasteiger partial charge is 0.0616 e. The molecule has 0 heterocycles. The van der Waals surface area contributed by atoms with Gasteiger partial charge in [-0.05, 0) is 56.6 Å². The summed E-state index contributed by atoms with van der Waals surface area (Å²) in [6, 6.07) is 32.7. The van der Waals surface area contributed by atoms with Gasteiger partial charge >= 0.3 is 0 Å². The molecule has 0 saturated carbocycles. The summed E-state index contributed by atoms with van der Waals surface area (Å²) < 4.78 is 1.10. The van der Waals surface area contributed by atoms with Crippen molar-refractivity contribution in [3.05, 3.63) is 95.5 Å². The number of halogens is 1. The SMILES string of the molecule is Brc1ccc2c(c1)-c1ccccc1-c1ccccc1-c1ccccc1-2. The highest BCUT2D eigenvalue weighted by atomic mass is 79.9. The molecule has 5 rings (SSSR count). The second-order valence-electron chi connectivity index (χ2n) is 6.33. The molecule has 0 amide bonds. The molecule has 118 valence electrons. The van der Waals surface area contributed by atoms with Gasteiger partial charge in [-0.25, -0.2) is 0 Å². The van der Waals surface area contributed by atoms with Crippen LogP contribution in [0.25, 0.3) is 44.5 Å². The Morgan fingerprint density at radius 2 is 0.680 bits per heavy atom. The van der Waals surface area contributed by atoms with Crippen LogP contribution in [0.15, 0.2) is 95.5 Å². The summed E-state index contributed by atoms with van der Waals surface area (Å²) in [5.74, 6) is 0. The molecular formula is C24H15Br. The first-order valence-electron chi connectivity index (χ1n) is 8.41. The van der Waals surface area contributed by atoms with E-state index in [1.54, 1.807) is 0 Å². The first-order valence-corrected chi connectivity index (χ1v) is 9.20. The number of benzene rings is 4. The molecule has 0 unspecified atom stereocenters. The highest BCUT2D eigenvalue weighted by molar-refractivity contribution is 9.10. The molecule has 4 aromatic rings. The number of hydrogen-bond acceptors (Lipinski definition) is 0. The smallest absolute Gasteiger partial charge is 0.0181 e. The van der Waals surface area contributed by atoms with E-state index < -0.39 is 0 Å². The fourth-order valence-corrected chi connectivity index (χ4v) is 4.19. The van der Waals surface area contributed by atoms with E-state index >= 15 is 0 Å². The summed E-state index contributed by atoms with van der Waals surface area (Å²) in [6.45, 7) is 0. The summed E-state index contributed by atoms with van der Waals surface area (Å²) in [7, 11) is 0. The Labute approximate surface area is 155 Å². The Morgan fingerprint density at radius 1 is 0.360 bits per heavy atom. The van der Waals surface area contributed by atoms with Gasteiger partial charge in [-0.1, -0.05) is 94.8 Å². The van der Waals surface area contributed by atoms with Crippen molar-refractivity contribution in [3.63, 3.8) is 0 Å². The van der Waals surface area contributed by atoms with Crippen LogP contribution in [-0.2, 0) is 0 Å². The lowest BCUT2D eigenvalue weighted by Gasteiger charge is -2.23. The van der Waals surface area contributed by atoms with E-state index in [-0.39, 0.29) is 0 Å². The minimum atomic E-state index is 1.10. The van der Waals surface area contributed by atoms with Crippen LogP contribution in [0.2, 0.25) is 0 Å². The standard InChI is InChI=1S/C24H15Br/c25-16-13-14-23-21-11-4-3-9-19(21)17-7-1-2-8-18(17)20-10-5-6-12-22(20)24(23)15-16/h1-15H. The zero-order chi connectivity index (χ0) is 16.8. The Balaban J connectivity index is 2.01. The maximum atomic E-state index is 3.66. The number of hydrogen-bond donors (Lipinski definition) is 0. The molecule has 0 saturated heterocycles. The fourth-order valence-electron chi connectivity index (χ4n) is 3.83. The summed E-state index contributed by atoms with van der Waals surface area (Å²) in [5, 5.41) is 0. The molecular weight excluding hydrogens is 368 g/mol. The van der Waals surface area contributed by atoms with Gasteiger partial charge in [0, 0.05) is 4.47 Å². The predicted molar refractivity (Wildman–Crippen MR) is 109 cm³/mol. The summed E-state index contributed by atoms with van der Waals surface area (Å²) in [5.41, 5.74) is 10.3. The Bertz CT molecular complexity index is 1100. The molecule has 1 aliphatic rings. The van der Waals surface area contributed by atoms with Crippen LogP contribution >= 0.6 is 15.9 Å². The predicted octanol–water partition coefficient (Wildman–Crippen LogP) is 7.43. The Kier molecular flexibility index (Phi) is 3.36. The van der Waals surface area contributed by atoms with Crippen LogP contribution in [0, 0.1) is 0 Å². The summed E-state index contributed by atoms with van der Waals surface area (Å²) >= 11 is 3.66. The van der Waals surface area contributed by atoms with Crippen molar-refractivity contribution < 1.29 is 0 Å². The molecule has 0 bridgehead atoms. The van der Waals surface area contributed by atoms with Crippen molar-refractivity contribution in [2.75, 3.05) is 0 Å². The first-order chi connectivity index (χ1) is 12.3. The van der Waals surface area contributed by atoms with E-state index in [1.165, 1.54) is 44.5 Å². The van der Waals surface area contributed by atoms with Crippen molar-refractivity contribution in [2.45, 2.75) is 0 Å². The van der Waals surface area contributed by atoms with Gasteiger partial charge < -0.3 is 0 Å². The topological polar surface area (TPSA) is 0 Å². The molecule has 0 nitrogen and oxygen atoms in total. The van der Waals surface area contributed by atoms with E-state index in [9.17, 15) is 0 Å². The summed E-state index contributed by atoms with van der Waals surface area (Å²) in [6.07, 6.45) is 0. The third-order valence-electron chi connectivity index (χ3n) is 4.92. The van der Waals surface area contributed by atoms with Crippen molar-refractivity contribution in [1.82, 2.24) is 0 Å². The van der Waals surface area contributed by atoms with Crippen LogP contribution in [-0.4, -0.2) is 0 Å². The molecule has 4 aromatic carbocycles. The molecule has 0 aromatic heterocycles. The monoisotopic (exact) mass is 382 g/mol. The normalized spacial score (nSPS) is 11.4. The van der Waals surface area contributed by atoms with Crippen molar-refractivity contribution >= 4 is 15.9 Å². The van der Waals surface area contributed by atoms with Gasteiger partial charge in [0.25, 0.3) is 0 Å². The van der Waals surface area contributed by atoms with Gasteiger partial charge in [-0.15, -0.1) is 0 Å².